The summed E-state index contributed by atoms with van der Waals surface area (Å²) < 4.78 is 0. The molecule has 0 spiro atoms. The van der Waals surface area contributed by atoms with E-state index >= 15 is 0 Å². The first-order chi connectivity index (χ1) is 10.1. The van der Waals surface area contributed by atoms with Gasteiger partial charge in [-0.05, 0) is 37.3 Å². The average molecular weight is 285 g/mol. The summed E-state index contributed by atoms with van der Waals surface area (Å²) in [4.78, 5) is 21.9. The fourth-order valence-corrected chi connectivity index (χ4v) is 2.87. The molecule has 1 atom stereocenters. The fourth-order valence-electron chi connectivity index (χ4n) is 2.87. The Balaban J connectivity index is 2.09. The molecule has 1 aliphatic heterocycles. The van der Waals surface area contributed by atoms with Crippen LogP contribution in [0.5, 0.6) is 0 Å². The topological polar surface area (TPSA) is 66.3 Å². The number of hydrogen-bond donors (Lipinski definition) is 1. The van der Waals surface area contributed by atoms with Gasteiger partial charge in [-0.15, -0.1) is 0 Å². The summed E-state index contributed by atoms with van der Waals surface area (Å²) in [5, 5.41) is 10.1. The van der Waals surface area contributed by atoms with Gasteiger partial charge < -0.3 is 10.0 Å². The number of fused-ring (bicyclic) bond motifs is 1. The van der Waals surface area contributed by atoms with Crippen LogP contribution in [0.4, 0.5) is 5.82 Å². The van der Waals surface area contributed by atoms with Crippen molar-refractivity contribution in [1.29, 1.82) is 0 Å². The molecule has 2 aromatic rings. The summed E-state index contributed by atoms with van der Waals surface area (Å²) >= 11 is 0. The molecule has 2 heterocycles. The van der Waals surface area contributed by atoms with Crippen molar-refractivity contribution in [3.63, 3.8) is 0 Å². The maximum Gasteiger partial charge on any atom is 0.374 e. The highest BCUT2D eigenvalue weighted by atomic mass is 16.4. The van der Waals surface area contributed by atoms with Crippen molar-refractivity contribution in [3.05, 3.63) is 30.1 Å². The van der Waals surface area contributed by atoms with Crippen molar-refractivity contribution >= 4 is 22.7 Å². The molecule has 21 heavy (non-hydrogen) atoms. The molecule has 0 radical (unpaired) electrons. The van der Waals surface area contributed by atoms with Crippen LogP contribution in [-0.2, 0) is 0 Å². The van der Waals surface area contributed by atoms with E-state index in [0.717, 1.165) is 37.1 Å². The zero-order chi connectivity index (χ0) is 14.8. The molecule has 1 N–H and O–H groups in total. The third-order valence-electron chi connectivity index (χ3n) is 4.09. The predicted octanol–water partition coefficient (Wildman–Crippen LogP) is 2.95. The highest BCUT2D eigenvalue weighted by molar-refractivity contribution is 5.93. The molecule has 110 valence electrons. The maximum atomic E-state index is 11.3. The van der Waals surface area contributed by atoms with Crippen LogP contribution in [0, 0.1) is 5.92 Å². The van der Waals surface area contributed by atoms with Crippen LogP contribution in [0.15, 0.2) is 24.3 Å². The van der Waals surface area contributed by atoms with Gasteiger partial charge in [-0.1, -0.05) is 19.1 Å². The summed E-state index contributed by atoms with van der Waals surface area (Å²) in [5.74, 6) is 0.264. The lowest BCUT2D eigenvalue weighted by Crippen LogP contribution is -2.26. The zero-order valence-corrected chi connectivity index (χ0v) is 12.1. The Kier molecular flexibility index (Phi) is 3.73. The summed E-state index contributed by atoms with van der Waals surface area (Å²) in [7, 11) is 0. The number of carboxylic acid groups (broad SMARTS) is 1. The first-order valence-electron chi connectivity index (χ1n) is 7.40. The number of para-hydroxylation sites is 1. The number of benzene rings is 1. The number of rotatable bonds is 2. The number of aromatic nitrogens is 2. The molecule has 1 fully saturated rings. The number of carbonyl (C=O) groups is 1. The van der Waals surface area contributed by atoms with Crippen molar-refractivity contribution in [2.75, 3.05) is 18.0 Å². The van der Waals surface area contributed by atoms with Crippen LogP contribution >= 0.6 is 0 Å². The van der Waals surface area contributed by atoms with Crippen molar-refractivity contribution in [3.8, 4) is 0 Å². The lowest BCUT2D eigenvalue weighted by Gasteiger charge is -2.23. The van der Waals surface area contributed by atoms with E-state index in [1.807, 2.05) is 24.3 Å². The van der Waals surface area contributed by atoms with Crippen LogP contribution in [-0.4, -0.2) is 34.1 Å². The monoisotopic (exact) mass is 285 g/mol. The number of anilines is 1. The van der Waals surface area contributed by atoms with E-state index in [1.54, 1.807) is 0 Å². The molecule has 1 aliphatic rings. The Hall–Kier alpha value is -2.17. The quantitative estimate of drug-likeness (QED) is 0.919. The first-order valence-corrected chi connectivity index (χ1v) is 7.40. The standard InChI is InChI=1S/C16H19N3O2/c1-11-5-4-9-19(10-8-11)15-12-6-2-3-7-13(12)17-14(18-15)16(20)21/h2-3,6-7,11H,4-5,8-10H2,1H3,(H,20,21). The molecule has 1 aromatic heterocycles. The lowest BCUT2D eigenvalue weighted by molar-refractivity contribution is 0.0684. The number of carboxylic acids is 1. The highest BCUT2D eigenvalue weighted by Crippen LogP contribution is 2.27. The van der Waals surface area contributed by atoms with Gasteiger partial charge in [0, 0.05) is 18.5 Å². The second-order valence-electron chi connectivity index (χ2n) is 5.72. The second kappa shape index (κ2) is 5.68. The number of aromatic carboxylic acids is 1. The molecule has 0 amide bonds. The molecule has 5 heteroatoms. The smallest absolute Gasteiger partial charge is 0.374 e. The van der Waals surface area contributed by atoms with Gasteiger partial charge in [0.15, 0.2) is 0 Å². The highest BCUT2D eigenvalue weighted by Gasteiger charge is 2.20. The molecule has 3 rings (SSSR count). The molecule has 0 bridgehead atoms. The normalized spacial score (nSPS) is 19.5. The van der Waals surface area contributed by atoms with Gasteiger partial charge in [-0.3, -0.25) is 0 Å². The first kappa shape index (κ1) is 13.8. The summed E-state index contributed by atoms with van der Waals surface area (Å²) in [6.45, 7) is 4.11. The van der Waals surface area contributed by atoms with Gasteiger partial charge in [0.1, 0.15) is 5.82 Å². The van der Waals surface area contributed by atoms with Crippen LogP contribution in [0.1, 0.15) is 36.8 Å². The third kappa shape index (κ3) is 2.82. The van der Waals surface area contributed by atoms with Gasteiger partial charge in [0.25, 0.3) is 0 Å². The third-order valence-corrected chi connectivity index (χ3v) is 4.09. The van der Waals surface area contributed by atoms with Gasteiger partial charge in [-0.25, -0.2) is 14.8 Å². The maximum absolute atomic E-state index is 11.3. The SMILES string of the molecule is CC1CCCN(c2nc(C(=O)O)nc3ccccc23)CC1. The van der Waals surface area contributed by atoms with E-state index in [1.165, 1.54) is 6.42 Å². The summed E-state index contributed by atoms with van der Waals surface area (Å²) in [6.07, 6.45) is 3.44. The van der Waals surface area contributed by atoms with Gasteiger partial charge in [-0.2, -0.15) is 0 Å². The minimum atomic E-state index is -1.08. The summed E-state index contributed by atoms with van der Waals surface area (Å²) in [5.41, 5.74) is 0.692. The lowest BCUT2D eigenvalue weighted by atomic mass is 10.0. The van der Waals surface area contributed by atoms with Crippen molar-refractivity contribution in [2.24, 2.45) is 5.92 Å². The summed E-state index contributed by atoms with van der Waals surface area (Å²) in [6, 6.07) is 7.61. The second-order valence-corrected chi connectivity index (χ2v) is 5.72. The fraction of sp³-hybridized carbons (Fsp3) is 0.438. The Morgan fingerprint density at radius 2 is 2.05 bits per heavy atom. The molecular weight excluding hydrogens is 266 g/mol. The number of nitrogens with zero attached hydrogens (tertiary/aromatic N) is 3. The van der Waals surface area contributed by atoms with Gasteiger partial charge in [0.05, 0.1) is 5.52 Å². The molecular formula is C16H19N3O2. The predicted molar refractivity (Wildman–Crippen MR) is 81.7 cm³/mol. The molecule has 0 saturated carbocycles. The molecule has 0 aliphatic carbocycles. The largest absolute Gasteiger partial charge is 0.475 e. The van der Waals surface area contributed by atoms with Crippen molar-refractivity contribution in [1.82, 2.24) is 9.97 Å². The zero-order valence-electron chi connectivity index (χ0n) is 12.1. The van der Waals surface area contributed by atoms with Crippen molar-refractivity contribution < 1.29 is 9.90 Å². The van der Waals surface area contributed by atoms with E-state index in [-0.39, 0.29) is 5.82 Å². The average Bonchev–Trinajstić information content (AvgIpc) is 2.70. The van der Waals surface area contributed by atoms with Crippen LogP contribution in [0.25, 0.3) is 10.9 Å². The van der Waals surface area contributed by atoms with Crippen molar-refractivity contribution in [2.45, 2.75) is 26.2 Å². The van der Waals surface area contributed by atoms with E-state index in [2.05, 4.69) is 21.8 Å². The van der Waals surface area contributed by atoms with E-state index in [9.17, 15) is 9.90 Å². The van der Waals surface area contributed by atoms with Crippen LogP contribution in [0.2, 0.25) is 0 Å². The molecule has 1 unspecified atom stereocenters. The Labute approximate surface area is 123 Å². The van der Waals surface area contributed by atoms with E-state index in [0.29, 0.717) is 11.4 Å². The Morgan fingerprint density at radius 1 is 1.24 bits per heavy atom. The number of hydrogen-bond acceptors (Lipinski definition) is 4. The van der Waals surface area contributed by atoms with Gasteiger partial charge in [0.2, 0.25) is 5.82 Å². The minimum Gasteiger partial charge on any atom is -0.475 e. The van der Waals surface area contributed by atoms with Crippen LogP contribution in [0.3, 0.4) is 0 Å². The molecule has 1 aromatic carbocycles. The molecule has 1 saturated heterocycles. The van der Waals surface area contributed by atoms with E-state index < -0.39 is 5.97 Å². The Bertz CT molecular complexity index is 672. The minimum absolute atomic E-state index is 0.124. The van der Waals surface area contributed by atoms with Gasteiger partial charge >= 0.3 is 5.97 Å². The Morgan fingerprint density at radius 3 is 2.86 bits per heavy atom. The van der Waals surface area contributed by atoms with E-state index in [4.69, 9.17) is 0 Å². The van der Waals surface area contributed by atoms with Crippen LogP contribution < -0.4 is 4.90 Å². The molecule has 5 nitrogen and oxygen atoms in total.